The van der Waals surface area contributed by atoms with Gasteiger partial charge in [-0.2, -0.15) is 5.26 Å². The van der Waals surface area contributed by atoms with E-state index in [1.807, 2.05) is 23.3 Å². The van der Waals surface area contributed by atoms with Crippen LogP contribution in [0, 0.1) is 25.2 Å². The van der Waals surface area contributed by atoms with Crippen molar-refractivity contribution in [2.75, 3.05) is 44.6 Å². The van der Waals surface area contributed by atoms with Gasteiger partial charge in [-0.3, -0.25) is 14.5 Å². The van der Waals surface area contributed by atoms with Crippen LogP contribution in [0.3, 0.4) is 0 Å². The number of hydrogen-bond donors (Lipinski definition) is 1. The monoisotopic (exact) mass is 483 g/mol. The van der Waals surface area contributed by atoms with Gasteiger partial charge >= 0.3 is 0 Å². The summed E-state index contributed by atoms with van der Waals surface area (Å²) in [6.45, 7) is 7.66. The summed E-state index contributed by atoms with van der Waals surface area (Å²) in [5.74, 6) is 0.283. The number of benzene rings is 1. The summed E-state index contributed by atoms with van der Waals surface area (Å²) in [6, 6.07) is 9.29. The van der Waals surface area contributed by atoms with Gasteiger partial charge in [0.2, 0.25) is 5.91 Å². The zero-order valence-corrected chi connectivity index (χ0v) is 20.4. The SMILES string of the molecule is Cc1c(C#N)c(NC(=O)CN2CCN(C(=O)c3ccccc3Cl)CC2)n(C[C@@H]2CCCO2)c1C. The number of aromatic nitrogens is 1. The fraction of sp³-hybridized carbons (Fsp3) is 0.480. The third-order valence-corrected chi connectivity index (χ3v) is 7.07. The summed E-state index contributed by atoms with van der Waals surface area (Å²) < 4.78 is 7.78. The van der Waals surface area contributed by atoms with Gasteiger partial charge in [-0.15, -0.1) is 0 Å². The molecule has 0 saturated carbocycles. The summed E-state index contributed by atoms with van der Waals surface area (Å²) in [4.78, 5) is 29.5. The summed E-state index contributed by atoms with van der Waals surface area (Å²) in [6.07, 6.45) is 2.10. The van der Waals surface area contributed by atoms with Crippen LogP contribution >= 0.6 is 11.6 Å². The fourth-order valence-corrected chi connectivity index (χ4v) is 4.86. The average Bonchev–Trinajstić information content (AvgIpc) is 3.42. The molecule has 0 radical (unpaired) electrons. The molecule has 34 heavy (non-hydrogen) atoms. The first-order valence-corrected chi connectivity index (χ1v) is 12.0. The second-order valence-corrected chi connectivity index (χ2v) is 9.30. The van der Waals surface area contributed by atoms with Crippen LogP contribution in [0.5, 0.6) is 0 Å². The standard InChI is InChI=1S/C25H30ClN5O3/c1-17-18(2)31(15-19-6-5-13-34-19)24(21(17)14-27)28-23(32)16-29-9-11-30(12-10-29)25(33)20-7-3-4-8-22(20)26/h3-4,7-8,19H,5-6,9-13,15-16H2,1-2H3,(H,28,32)/t19-/m0/s1. The highest BCUT2D eigenvalue weighted by Gasteiger charge is 2.27. The summed E-state index contributed by atoms with van der Waals surface area (Å²) in [7, 11) is 0. The van der Waals surface area contributed by atoms with Crippen molar-refractivity contribution < 1.29 is 14.3 Å². The molecule has 0 spiro atoms. The number of piperazine rings is 1. The molecule has 0 bridgehead atoms. The minimum atomic E-state index is -0.173. The van der Waals surface area contributed by atoms with Crippen LogP contribution in [0.1, 0.15) is 40.0 Å². The van der Waals surface area contributed by atoms with Crippen LogP contribution in [0.4, 0.5) is 5.82 Å². The first-order chi connectivity index (χ1) is 16.4. The maximum atomic E-state index is 12.9. The minimum absolute atomic E-state index is 0.0914. The maximum Gasteiger partial charge on any atom is 0.255 e. The molecular weight excluding hydrogens is 454 g/mol. The van der Waals surface area contributed by atoms with Crippen molar-refractivity contribution in [1.82, 2.24) is 14.4 Å². The van der Waals surface area contributed by atoms with Gasteiger partial charge in [-0.25, -0.2) is 0 Å². The van der Waals surface area contributed by atoms with Gasteiger partial charge in [0.05, 0.1) is 35.3 Å². The first-order valence-electron chi connectivity index (χ1n) is 11.7. The van der Waals surface area contributed by atoms with E-state index in [9.17, 15) is 14.9 Å². The van der Waals surface area contributed by atoms with Gasteiger partial charge in [0.25, 0.3) is 5.91 Å². The number of anilines is 1. The van der Waals surface area contributed by atoms with E-state index in [2.05, 4.69) is 11.4 Å². The lowest BCUT2D eigenvalue weighted by molar-refractivity contribution is -0.117. The van der Waals surface area contributed by atoms with E-state index in [-0.39, 0.29) is 24.5 Å². The number of amides is 2. The molecule has 1 N–H and O–H groups in total. The molecule has 180 valence electrons. The highest BCUT2D eigenvalue weighted by Crippen LogP contribution is 2.28. The number of nitriles is 1. The Bertz CT molecular complexity index is 1110. The lowest BCUT2D eigenvalue weighted by Gasteiger charge is -2.34. The Morgan fingerprint density at radius 3 is 2.59 bits per heavy atom. The molecule has 1 aromatic carbocycles. The highest BCUT2D eigenvalue weighted by molar-refractivity contribution is 6.33. The van der Waals surface area contributed by atoms with E-state index >= 15 is 0 Å². The third kappa shape index (κ3) is 5.12. The second-order valence-electron chi connectivity index (χ2n) is 8.89. The van der Waals surface area contributed by atoms with Gasteiger partial charge < -0.3 is 19.5 Å². The molecule has 0 aliphatic carbocycles. The van der Waals surface area contributed by atoms with Crippen LogP contribution < -0.4 is 5.32 Å². The summed E-state index contributed by atoms with van der Waals surface area (Å²) >= 11 is 6.17. The minimum Gasteiger partial charge on any atom is -0.376 e. The van der Waals surface area contributed by atoms with Gasteiger partial charge in [-0.05, 0) is 44.4 Å². The fourth-order valence-electron chi connectivity index (χ4n) is 4.64. The number of hydrogen-bond acceptors (Lipinski definition) is 5. The molecule has 0 unspecified atom stereocenters. The Balaban J connectivity index is 1.37. The van der Waals surface area contributed by atoms with E-state index < -0.39 is 0 Å². The number of nitrogens with zero attached hydrogens (tertiary/aromatic N) is 4. The topological polar surface area (TPSA) is 90.6 Å². The average molecular weight is 484 g/mol. The molecule has 1 atom stereocenters. The summed E-state index contributed by atoms with van der Waals surface area (Å²) in [5, 5.41) is 13.2. The zero-order valence-electron chi connectivity index (χ0n) is 19.6. The summed E-state index contributed by atoms with van der Waals surface area (Å²) in [5.41, 5.74) is 2.84. The van der Waals surface area contributed by atoms with E-state index in [1.54, 1.807) is 29.2 Å². The predicted octanol–water partition coefficient (Wildman–Crippen LogP) is 3.21. The van der Waals surface area contributed by atoms with Crippen molar-refractivity contribution in [2.45, 2.75) is 39.3 Å². The quantitative estimate of drug-likeness (QED) is 0.681. The molecule has 2 aliphatic heterocycles. The highest BCUT2D eigenvalue weighted by atomic mass is 35.5. The van der Waals surface area contributed by atoms with E-state index in [1.165, 1.54) is 0 Å². The second kappa shape index (κ2) is 10.6. The van der Waals surface area contributed by atoms with Crippen molar-refractivity contribution in [3.63, 3.8) is 0 Å². The maximum absolute atomic E-state index is 12.9. The zero-order chi connectivity index (χ0) is 24.2. The smallest absolute Gasteiger partial charge is 0.255 e. The number of carbonyl (C=O) groups excluding carboxylic acids is 2. The van der Waals surface area contributed by atoms with Gasteiger partial charge in [0, 0.05) is 38.5 Å². The molecule has 2 amide bonds. The molecule has 9 heteroatoms. The normalized spacial score (nSPS) is 18.6. The molecule has 4 rings (SSSR count). The Morgan fingerprint density at radius 1 is 1.21 bits per heavy atom. The van der Waals surface area contributed by atoms with Crippen molar-refractivity contribution in [2.24, 2.45) is 0 Å². The molecular formula is C25H30ClN5O3. The molecule has 2 aliphatic rings. The van der Waals surface area contributed by atoms with Gasteiger partial charge in [0.1, 0.15) is 11.9 Å². The molecule has 2 saturated heterocycles. The van der Waals surface area contributed by atoms with Crippen molar-refractivity contribution in [3.8, 4) is 6.07 Å². The van der Waals surface area contributed by atoms with Gasteiger partial charge in [0.15, 0.2) is 0 Å². The Kier molecular flexibility index (Phi) is 7.57. The largest absolute Gasteiger partial charge is 0.376 e. The number of nitrogens with one attached hydrogen (secondary N) is 1. The lowest BCUT2D eigenvalue weighted by Crippen LogP contribution is -2.50. The number of halogens is 1. The van der Waals surface area contributed by atoms with Crippen molar-refractivity contribution in [3.05, 3.63) is 51.7 Å². The molecule has 1 aromatic heterocycles. The third-order valence-electron chi connectivity index (χ3n) is 6.74. The lowest BCUT2D eigenvalue weighted by atomic mass is 10.2. The Morgan fingerprint density at radius 2 is 1.94 bits per heavy atom. The van der Waals surface area contributed by atoms with E-state index in [0.29, 0.717) is 54.7 Å². The number of ether oxygens (including phenoxy) is 1. The molecule has 2 aromatic rings. The van der Waals surface area contributed by atoms with E-state index in [0.717, 1.165) is 30.7 Å². The molecule has 2 fully saturated rings. The van der Waals surface area contributed by atoms with Crippen molar-refractivity contribution >= 4 is 29.2 Å². The Labute approximate surface area is 205 Å². The van der Waals surface area contributed by atoms with Crippen LogP contribution in [0.15, 0.2) is 24.3 Å². The Hall–Kier alpha value is -2.86. The number of rotatable bonds is 6. The molecule has 8 nitrogen and oxygen atoms in total. The number of carbonyl (C=O) groups is 2. The molecule has 3 heterocycles. The van der Waals surface area contributed by atoms with Gasteiger partial charge in [-0.1, -0.05) is 23.7 Å². The van der Waals surface area contributed by atoms with E-state index in [4.69, 9.17) is 16.3 Å². The predicted molar refractivity (Wildman–Crippen MR) is 130 cm³/mol. The van der Waals surface area contributed by atoms with Crippen LogP contribution in [0.2, 0.25) is 5.02 Å². The van der Waals surface area contributed by atoms with Crippen LogP contribution in [-0.4, -0.2) is 71.6 Å². The first kappa shape index (κ1) is 24.3. The van der Waals surface area contributed by atoms with Crippen LogP contribution in [0.25, 0.3) is 0 Å². The van der Waals surface area contributed by atoms with Crippen molar-refractivity contribution in [1.29, 1.82) is 5.26 Å². The van der Waals surface area contributed by atoms with Crippen LogP contribution in [-0.2, 0) is 16.1 Å².